The largest absolute Gasteiger partial charge is 0.398 e. The van der Waals surface area contributed by atoms with Gasteiger partial charge in [0, 0.05) is 44.2 Å². The van der Waals surface area contributed by atoms with Crippen LogP contribution in [-0.2, 0) is 9.47 Å². The number of rotatable bonds is 9. The molecule has 24 heavy (non-hydrogen) atoms. The highest BCUT2D eigenvalue weighted by molar-refractivity contribution is 5.80. The van der Waals surface area contributed by atoms with Crippen LogP contribution >= 0.6 is 0 Å². The van der Waals surface area contributed by atoms with Crippen molar-refractivity contribution in [1.29, 1.82) is 0 Å². The van der Waals surface area contributed by atoms with Gasteiger partial charge in [-0.15, -0.1) is 0 Å². The van der Waals surface area contributed by atoms with Crippen molar-refractivity contribution < 1.29 is 9.47 Å². The Bertz CT molecular complexity index is 645. The summed E-state index contributed by atoms with van der Waals surface area (Å²) in [6.07, 6.45) is 1.83. The zero-order valence-corrected chi connectivity index (χ0v) is 14.5. The molecule has 2 rings (SSSR count). The molecular weight excluding hydrogens is 300 g/mol. The smallest absolute Gasteiger partial charge is 0.0637 e. The van der Waals surface area contributed by atoms with Crippen molar-refractivity contribution in [1.82, 2.24) is 0 Å². The number of nitrogen functional groups attached to an aromatic ring is 1. The van der Waals surface area contributed by atoms with Gasteiger partial charge < -0.3 is 20.1 Å². The normalized spacial score (nSPS) is 10.6. The minimum atomic E-state index is 0.664. The number of nitrogens with zero attached hydrogens (tertiary/aromatic N) is 1. The topological polar surface area (TPSA) is 47.7 Å². The first kappa shape index (κ1) is 18.0. The Hall–Kier alpha value is -2.30. The molecule has 2 aromatic carbocycles. The zero-order chi connectivity index (χ0) is 17.4. The van der Waals surface area contributed by atoms with Gasteiger partial charge in [0.15, 0.2) is 0 Å². The summed E-state index contributed by atoms with van der Waals surface area (Å²) >= 11 is 0. The van der Waals surface area contributed by atoms with Gasteiger partial charge in [-0.1, -0.05) is 36.9 Å². The van der Waals surface area contributed by atoms with Crippen molar-refractivity contribution in [3.8, 4) is 11.1 Å². The van der Waals surface area contributed by atoms with Gasteiger partial charge in [0.25, 0.3) is 0 Å². The summed E-state index contributed by atoms with van der Waals surface area (Å²) in [6, 6.07) is 14.4. The third-order valence-electron chi connectivity index (χ3n) is 3.99. The Kier molecular flexibility index (Phi) is 6.85. The second-order valence-electron chi connectivity index (χ2n) is 5.57. The van der Waals surface area contributed by atoms with Gasteiger partial charge >= 0.3 is 0 Å². The van der Waals surface area contributed by atoms with E-state index in [9.17, 15) is 0 Å². The third kappa shape index (κ3) is 4.60. The molecule has 0 saturated carbocycles. The lowest BCUT2D eigenvalue weighted by molar-refractivity contribution is 0.190. The van der Waals surface area contributed by atoms with Crippen LogP contribution in [0.25, 0.3) is 17.2 Å². The summed E-state index contributed by atoms with van der Waals surface area (Å²) in [5.74, 6) is 0. The minimum Gasteiger partial charge on any atom is -0.398 e. The Morgan fingerprint density at radius 1 is 1.00 bits per heavy atom. The van der Waals surface area contributed by atoms with E-state index in [0.717, 1.165) is 41.2 Å². The lowest BCUT2D eigenvalue weighted by Crippen LogP contribution is -2.30. The van der Waals surface area contributed by atoms with Gasteiger partial charge in [-0.2, -0.15) is 0 Å². The number of ether oxygens (including phenoxy) is 2. The van der Waals surface area contributed by atoms with Crippen molar-refractivity contribution >= 4 is 17.5 Å². The molecule has 0 amide bonds. The number of methoxy groups -OCH3 is 2. The Morgan fingerprint density at radius 3 is 2.17 bits per heavy atom. The van der Waals surface area contributed by atoms with E-state index in [2.05, 4.69) is 29.7 Å². The highest BCUT2D eigenvalue weighted by Gasteiger charge is 2.10. The van der Waals surface area contributed by atoms with E-state index >= 15 is 0 Å². The standard InChI is InChI=1S/C20H26N2O2/c1-4-16-5-7-17(8-6-16)19-15-18(9-10-20(19)21)22(11-13-23-2)12-14-24-3/h4-10,15H,1,11-14,21H2,2-3H3. The molecule has 0 fully saturated rings. The molecule has 0 aliphatic rings. The van der Waals surface area contributed by atoms with Gasteiger partial charge in [0.2, 0.25) is 0 Å². The van der Waals surface area contributed by atoms with Gasteiger partial charge in [-0.05, 0) is 29.3 Å². The molecular formula is C20H26N2O2. The maximum absolute atomic E-state index is 6.20. The molecule has 0 atom stereocenters. The monoisotopic (exact) mass is 326 g/mol. The molecule has 2 aromatic rings. The summed E-state index contributed by atoms with van der Waals surface area (Å²) in [5, 5.41) is 0. The summed E-state index contributed by atoms with van der Waals surface area (Å²) in [7, 11) is 3.42. The van der Waals surface area contributed by atoms with E-state index in [1.807, 2.05) is 30.3 Å². The number of nitrogens with two attached hydrogens (primary N) is 1. The Labute approximate surface area is 144 Å². The maximum Gasteiger partial charge on any atom is 0.0637 e. The summed E-state index contributed by atoms with van der Waals surface area (Å²) in [4.78, 5) is 2.24. The average molecular weight is 326 g/mol. The van der Waals surface area contributed by atoms with Gasteiger partial charge in [-0.3, -0.25) is 0 Å². The zero-order valence-electron chi connectivity index (χ0n) is 14.5. The molecule has 0 unspecified atom stereocenters. The quantitative estimate of drug-likeness (QED) is 0.714. The molecule has 4 heteroatoms. The van der Waals surface area contributed by atoms with E-state index in [-0.39, 0.29) is 0 Å². The van der Waals surface area contributed by atoms with Crippen molar-refractivity contribution in [3.63, 3.8) is 0 Å². The lowest BCUT2D eigenvalue weighted by Gasteiger charge is -2.25. The van der Waals surface area contributed by atoms with Crippen molar-refractivity contribution in [2.75, 3.05) is 51.2 Å². The molecule has 4 nitrogen and oxygen atoms in total. The molecule has 0 aromatic heterocycles. The summed E-state index contributed by atoms with van der Waals surface area (Å²) in [6.45, 7) is 6.73. The SMILES string of the molecule is C=Cc1ccc(-c2cc(N(CCOC)CCOC)ccc2N)cc1. The van der Waals surface area contributed by atoms with Crippen molar-refractivity contribution in [3.05, 3.63) is 54.6 Å². The van der Waals surface area contributed by atoms with Crippen molar-refractivity contribution in [2.45, 2.75) is 0 Å². The van der Waals surface area contributed by atoms with Crippen LogP contribution in [0, 0.1) is 0 Å². The fourth-order valence-corrected chi connectivity index (χ4v) is 2.56. The molecule has 0 saturated heterocycles. The van der Waals surface area contributed by atoms with Crippen LogP contribution in [0.15, 0.2) is 49.0 Å². The van der Waals surface area contributed by atoms with Crippen LogP contribution in [0.4, 0.5) is 11.4 Å². The van der Waals surface area contributed by atoms with Crippen molar-refractivity contribution in [2.24, 2.45) is 0 Å². The van der Waals surface area contributed by atoms with E-state index in [0.29, 0.717) is 13.2 Å². The average Bonchev–Trinajstić information content (AvgIpc) is 2.63. The highest BCUT2D eigenvalue weighted by atomic mass is 16.5. The lowest BCUT2D eigenvalue weighted by atomic mass is 10.0. The molecule has 0 radical (unpaired) electrons. The molecule has 0 heterocycles. The number of anilines is 2. The fourth-order valence-electron chi connectivity index (χ4n) is 2.56. The van der Waals surface area contributed by atoms with Crippen LogP contribution in [0.2, 0.25) is 0 Å². The second-order valence-corrected chi connectivity index (χ2v) is 5.57. The maximum atomic E-state index is 6.20. The number of benzene rings is 2. The number of hydrogen-bond donors (Lipinski definition) is 1. The Morgan fingerprint density at radius 2 is 1.62 bits per heavy atom. The first-order valence-corrected chi connectivity index (χ1v) is 8.04. The van der Waals surface area contributed by atoms with E-state index < -0.39 is 0 Å². The molecule has 2 N–H and O–H groups in total. The Balaban J connectivity index is 2.31. The third-order valence-corrected chi connectivity index (χ3v) is 3.99. The van der Waals surface area contributed by atoms with E-state index in [1.54, 1.807) is 14.2 Å². The van der Waals surface area contributed by atoms with E-state index in [1.165, 1.54) is 0 Å². The fraction of sp³-hybridized carbons (Fsp3) is 0.300. The summed E-state index contributed by atoms with van der Waals surface area (Å²) < 4.78 is 10.4. The first-order chi connectivity index (χ1) is 11.7. The van der Waals surface area contributed by atoms with Crippen LogP contribution < -0.4 is 10.6 Å². The number of hydrogen-bond acceptors (Lipinski definition) is 4. The van der Waals surface area contributed by atoms with Gasteiger partial charge in [0.05, 0.1) is 13.2 Å². The predicted molar refractivity (Wildman–Crippen MR) is 102 cm³/mol. The molecule has 0 bridgehead atoms. The van der Waals surface area contributed by atoms with Crippen LogP contribution in [-0.4, -0.2) is 40.5 Å². The highest BCUT2D eigenvalue weighted by Crippen LogP contribution is 2.30. The van der Waals surface area contributed by atoms with Gasteiger partial charge in [-0.25, -0.2) is 0 Å². The van der Waals surface area contributed by atoms with E-state index in [4.69, 9.17) is 15.2 Å². The molecule has 128 valence electrons. The minimum absolute atomic E-state index is 0.664. The first-order valence-electron chi connectivity index (χ1n) is 8.04. The second kappa shape index (κ2) is 9.11. The van der Waals surface area contributed by atoms with Crippen LogP contribution in [0.5, 0.6) is 0 Å². The molecule has 0 spiro atoms. The molecule has 0 aliphatic heterocycles. The predicted octanol–water partition coefficient (Wildman–Crippen LogP) is 3.68. The van der Waals surface area contributed by atoms with Crippen LogP contribution in [0.1, 0.15) is 5.56 Å². The molecule has 0 aliphatic carbocycles. The van der Waals surface area contributed by atoms with Crippen LogP contribution in [0.3, 0.4) is 0 Å². The summed E-state index contributed by atoms with van der Waals surface area (Å²) in [5.41, 5.74) is 11.3. The van der Waals surface area contributed by atoms with Gasteiger partial charge in [0.1, 0.15) is 0 Å².